The average Bonchev–Trinajstić information content (AvgIpc) is 2.55. The summed E-state index contributed by atoms with van der Waals surface area (Å²) in [6.07, 6.45) is 0.0615. The van der Waals surface area contributed by atoms with Gasteiger partial charge in [0.05, 0.1) is 17.1 Å². The molecule has 0 fully saturated rings. The molecule has 2 rings (SSSR count). The highest BCUT2D eigenvalue weighted by atomic mass is 19.1. The normalized spacial score (nSPS) is 11.1. The van der Waals surface area contributed by atoms with E-state index in [1.54, 1.807) is 19.1 Å². The maximum Gasteiger partial charge on any atom is 0.270 e. The van der Waals surface area contributed by atoms with E-state index in [0.717, 1.165) is 0 Å². The summed E-state index contributed by atoms with van der Waals surface area (Å²) in [4.78, 5) is 22.0. The molecule has 0 aliphatic rings. The lowest BCUT2D eigenvalue weighted by Crippen LogP contribution is -2.21. The van der Waals surface area contributed by atoms with Crippen LogP contribution in [0.1, 0.15) is 18.1 Å². The van der Waals surface area contributed by atoms with Gasteiger partial charge in [-0.2, -0.15) is 5.10 Å². The first kappa shape index (κ1) is 16.3. The maximum atomic E-state index is 12.8. The van der Waals surface area contributed by atoms with E-state index in [4.69, 9.17) is 0 Å². The minimum Gasteiger partial charge on any atom is -0.273 e. The molecule has 2 aromatic rings. The monoisotopic (exact) mass is 315 g/mol. The summed E-state index contributed by atoms with van der Waals surface area (Å²) in [7, 11) is 0. The van der Waals surface area contributed by atoms with Crippen molar-refractivity contribution in [1.82, 2.24) is 5.43 Å². The average molecular weight is 315 g/mol. The van der Waals surface area contributed by atoms with Crippen molar-refractivity contribution >= 4 is 17.3 Å². The number of hydrogen-bond acceptors (Lipinski definition) is 4. The second-order valence-corrected chi connectivity index (χ2v) is 4.84. The van der Waals surface area contributed by atoms with Crippen LogP contribution in [0.4, 0.5) is 10.1 Å². The zero-order valence-electron chi connectivity index (χ0n) is 12.3. The van der Waals surface area contributed by atoms with Crippen molar-refractivity contribution in [1.29, 1.82) is 0 Å². The third kappa shape index (κ3) is 4.70. The van der Waals surface area contributed by atoms with Gasteiger partial charge in [0, 0.05) is 17.7 Å². The molecule has 0 atom stereocenters. The Bertz CT molecular complexity index is 757. The Morgan fingerprint density at radius 3 is 2.61 bits per heavy atom. The van der Waals surface area contributed by atoms with Gasteiger partial charge in [-0.25, -0.2) is 9.82 Å². The third-order valence-corrected chi connectivity index (χ3v) is 3.10. The first-order valence-corrected chi connectivity index (χ1v) is 6.78. The number of non-ortho nitro benzene ring substituents is 1. The molecule has 0 spiro atoms. The second kappa shape index (κ2) is 7.26. The predicted octanol–water partition coefficient (Wildman–Crippen LogP) is 2.82. The molecular formula is C16H14FN3O3. The number of nitro groups is 1. The van der Waals surface area contributed by atoms with Gasteiger partial charge >= 0.3 is 0 Å². The van der Waals surface area contributed by atoms with Crippen molar-refractivity contribution in [3.8, 4) is 0 Å². The molecule has 7 heteroatoms. The van der Waals surface area contributed by atoms with Gasteiger partial charge in [0.1, 0.15) is 5.82 Å². The van der Waals surface area contributed by atoms with Crippen LogP contribution in [0.2, 0.25) is 0 Å². The first-order valence-electron chi connectivity index (χ1n) is 6.78. The van der Waals surface area contributed by atoms with E-state index in [2.05, 4.69) is 10.5 Å². The highest BCUT2D eigenvalue weighted by Gasteiger charge is 2.08. The predicted molar refractivity (Wildman–Crippen MR) is 83.6 cm³/mol. The highest BCUT2D eigenvalue weighted by molar-refractivity contribution is 5.99. The van der Waals surface area contributed by atoms with Crippen LogP contribution in [0.25, 0.3) is 0 Å². The molecular weight excluding hydrogens is 301 g/mol. The fourth-order valence-electron chi connectivity index (χ4n) is 1.88. The standard InChI is InChI=1S/C16H14FN3O3/c1-11(13-3-2-4-15(10-13)20(22)23)18-19-16(21)9-12-5-7-14(17)8-6-12/h2-8,10H,9H2,1H3,(H,19,21)/b18-11-. The van der Waals surface area contributed by atoms with E-state index in [-0.39, 0.29) is 23.8 Å². The molecule has 0 saturated carbocycles. The van der Waals surface area contributed by atoms with Crippen molar-refractivity contribution in [2.45, 2.75) is 13.3 Å². The largest absolute Gasteiger partial charge is 0.273 e. The van der Waals surface area contributed by atoms with Gasteiger partial charge in [-0.15, -0.1) is 0 Å². The molecule has 0 aliphatic heterocycles. The molecule has 0 radical (unpaired) electrons. The summed E-state index contributed by atoms with van der Waals surface area (Å²) in [5, 5.41) is 14.7. The maximum absolute atomic E-state index is 12.8. The van der Waals surface area contributed by atoms with E-state index in [0.29, 0.717) is 16.8 Å². The summed E-state index contributed by atoms with van der Waals surface area (Å²) in [5.41, 5.74) is 3.98. The fourth-order valence-corrected chi connectivity index (χ4v) is 1.88. The zero-order valence-corrected chi connectivity index (χ0v) is 12.3. The van der Waals surface area contributed by atoms with Gasteiger partial charge in [-0.05, 0) is 24.6 Å². The Morgan fingerprint density at radius 2 is 1.96 bits per heavy atom. The van der Waals surface area contributed by atoms with Crippen LogP contribution in [-0.4, -0.2) is 16.5 Å². The SMILES string of the molecule is C/C(=N/NC(=O)Cc1ccc(F)cc1)c1cccc([N+](=O)[O-])c1. The van der Waals surface area contributed by atoms with Crippen LogP contribution in [0.3, 0.4) is 0 Å². The number of nitrogens with zero attached hydrogens (tertiary/aromatic N) is 2. The molecule has 1 N–H and O–H groups in total. The van der Waals surface area contributed by atoms with Crippen molar-refractivity contribution in [2.24, 2.45) is 5.10 Å². The van der Waals surface area contributed by atoms with E-state index < -0.39 is 4.92 Å². The molecule has 2 aromatic carbocycles. The van der Waals surface area contributed by atoms with Crippen LogP contribution < -0.4 is 5.43 Å². The van der Waals surface area contributed by atoms with Gasteiger partial charge in [0.25, 0.3) is 5.69 Å². The van der Waals surface area contributed by atoms with Gasteiger partial charge in [0.15, 0.2) is 0 Å². The van der Waals surface area contributed by atoms with E-state index >= 15 is 0 Å². The molecule has 0 bridgehead atoms. The lowest BCUT2D eigenvalue weighted by molar-refractivity contribution is -0.384. The number of halogens is 1. The number of benzene rings is 2. The van der Waals surface area contributed by atoms with Gasteiger partial charge < -0.3 is 0 Å². The molecule has 23 heavy (non-hydrogen) atoms. The molecule has 0 aliphatic carbocycles. The van der Waals surface area contributed by atoms with Crippen LogP contribution >= 0.6 is 0 Å². The smallest absolute Gasteiger partial charge is 0.270 e. The summed E-state index contributed by atoms with van der Waals surface area (Å²) in [6, 6.07) is 11.6. The van der Waals surface area contributed by atoms with E-state index in [1.165, 1.54) is 36.4 Å². The molecule has 0 aromatic heterocycles. The molecule has 0 heterocycles. The Morgan fingerprint density at radius 1 is 1.26 bits per heavy atom. The number of hydrogen-bond donors (Lipinski definition) is 1. The number of rotatable bonds is 5. The number of hydrazone groups is 1. The van der Waals surface area contributed by atoms with Crippen LogP contribution in [0.5, 0.6) is 0 Å². The van der Waals surface area contributed by atoms with Crippen molar-refractivity contribution < 1.29 is 14.1 Å². The Labute approximate surface area is 131 Å². The Balaban J connectivity index is 2.01. The minimum atomic E-state index is -0.496. The molecule has 6 nitrogen and oxygen atoms in total. The van der Waals surface area contributed by atoms with E-state index in [1.807, 2.05) is 0 Å². The molecule has 1 amide bonds. The van der Waals surface area contributed by atoms with Gasteiger partial charge in [0.2, 0.25) is 5.91 Å². The van der Waals surface area contributed by atoms with Crippen LogP contribution in [-0.2, 0) is 11.2 Å². The topological polar surface area (TPSA) is 84.6 Å². The Hall–Kier alpha value is -3.09. The summed E-state index contributed by atoms with van der Waals surface area (Å²) >= 11 is 0. The lowest BCUT2D eigenvalue weighted by Gasteiger charge is -2.03. The van der Waals surface area contributed by atoms with Gasteiger partial charge in [-0.3, -0.25) is 14.9 Å². The zero-order chi connectivity index (χ0) is 16.8. The van der Waals surface area contributed by atoms with Crippen molar-refractivity contribution in [3.63, 3.8) is 0 Å². The summed E-state index contributed by atoms with van der Waals surface area (Å²) in [6.45, 7) is 1.64. The number of carbonyl (C=O) groups is 1. The Kier molecular flexibility index (Phi) is 5.14. The van der Waals surface area contributed by atoms with E-state index in [9.17, 15) is 19.3 Å². The van der Waals surface area contributed by atoms with Gasteiger partial charge in [-0.1, -0.05) is 24.3 Å². The molecule has 118 valence electrons. The number of carbonyl (C=O) groups excluding carboxylic acids is 1. The van der Waals surface area contributed by atoms with Crippen LogP contribution in [0, 0.1) is 15.9 Å². The van der Waals surface area contributed by atoms with Crippen molar-refractivity contribution in [2.75, 3.05) is 0 Å². The van der Waals surface area contributed by atoms with Crippen LogP contribution in [0.15, 0.2) is 53.6 Å². The second-order valence-electron chi connectivity index (χ2n) is 4.84. The summed E-state index contributed by atoms with van der Waals surface area (Å²) in [5.74, 6) is -0.727. The third-order valence-electron chi connectivity index (χ3n) is 3.10. The minimum absolute atomic E-state index is 0.0466. The molecule has 0 saturated heterocycles. The number of amides is 1. The van der Waals surface area contributed by atoms with Crippen molar-refractivity contribution in [3.05, 3.63) is 75.6 Å². The quantitative estimate of drug-likeness (QED) is 0.523. The summed E-state index contributed by atoms with van der Waals surface area (Å²) < 4.78 is 12.8. The fraction of sp³-hybridized carbons (Fsp3) is 0.125. The first-order chi connectivity index (χ1) is 11.0. The highest BCUT2D eigenvalue weighted by Crippen LogP contribution is 2.13. The lowest BCUT2D eigenvalue weighted by atomic mass is 10.1. The number of nitrogens with one attached hydrogen (secondary N) is 1. The number of nitro benzene ring substituents is 1. The molecule has 0 unspecified atom stereocenters.